The van der Waals surface area contributed by atoms with Crippen molar-refractivity contribution < 1.29 is 5.11 Å². The molecule has 6 nitrogen and oxygen atoms in total. The zero-order valence-corrected chi connectivity index (χ0v) is 15.7. The number of aliphatic hydroxyl groups excluding tert-OH is 1. The highest BCUT2D eigenvalue weighted by Crippen LogP contribution is 2.23. The van der Waals surface area contributed by atoms with E-state index in [4.69, 9.17) is 5.11 Å². The second-order valence-corrected chi connectivity index (χ2v) is 7.23. The van der Waals surface area contributed by atoms with Gasteiger partial charge in [0.1, 0.15) is 18.0 Å². The normalized spacial score (nSPS) is 17.2. The van der Waals surface area contributed by atoms with Gasteiger partial charge in [0.15, 0.2) is 0 Å². The molecule has 0 amide bonds. The van der Waals surface area contributed by atoms with Gasteiger partial charge in [-0.2, -0.15) is 0 Å². The van der Waals surface area contributed by atoms with Crippen molar-refractivity contribution >= 4 is 11.6 Å². The van der Waals surface area contributed by atoms with Crippen LogP contribution in [0.5, 0.6) is 0 Å². The van der Waals surface area contributed by atoms with E-state index in [1.807, 2.05) is 31.2 Å². The Bertz CT molecular complexity index is 700. The fourth-order valence-corrected chi connectivity index (χ4v) is 3.58. The van der Waals surface area contributed by atoms with Gasteiger partial charge in [0.25, 0.3) is 0 Å². The van der Waals surface area contributed by atoms with Crippen LogP contribution in [0.3, 0.4) is 0 Å². The molecule has 0 saturated carbocycles. The summed E-state index contributed by atoms with van der Waals surface area (Å²) in [6.07, 6.45) is 5.84. The van der Waals surface area contributed by atoms with Crippen molar-refractivity contribution in [3.63, 3.8) is 0 Å². The number of piperidine rings is 1. The summed E-state index contributed by atoms with van der Waals surface area (Å²) < 4.78 is 0. The number of anilines is 2. The Kier molecular flexibility index (Phi) is 6.52. The van der Waals surface area contributed by atoms with Crippen molar-refractivity contribution in [1.82, 2.24) is 19.9 Å². The SMILES string of the molecule is Cc1cccc(Nc2cc(CC3CCN(C(C)CCO)CC3)ncn2)n1. The molecule has 1 atom stereocenters. The average molecular weight is 355 g/mol. The average Bonchev–Trinajstić information content (AvgIpc) is 2.63. The number of hydrogen-bond acceptors (Lipinski definition) is 6. The van der Waals surface area contributed by atoms with E-state index in [9.17, 15) is 0 Å². The summed E-state index contributed by atoms with van der Waals surface area (Å²) in [5, 5.41) is 12.4. The molecule has 0 radical (unpaired) electrons. The molecule has 140 valence electrons. The maximum atomic E-state index is 9.11. The molecule has 0 bridgehead atoms. The third-order valence-electron chi connectivity index (χ3n) is 5.19. The molecule has 0 spiro atoms. The van der Waals surface area contributed by atoms with Gasteiger partial charge in [-0.3, -0.25) is 0 Å². The van der Waals surface area contributed by atoms with Crippen LogP contribution in [-0.2, 0) is 6.42 Å². The lowest BCUT2D eigenvalue weighted by Crippen LogP contribution is -2.40. The zero-order chi connectivity index (χ0) is 18.4. The summed E-state index contributed by atoms with van der Waals surface area (Å²) in [6.45, 7) is 6.67. The van der Waals surface area contributed by atoms with Gasteiger partial charge in [0, 0.05) is 30.1 Å². The van der Waals surface area contributed by atoms with Gasteiger partial charge in [-0.15, -0.1) is 0 Å². The summed E-state index contributed by atoms with van der Waals surface area (Å²) in [4.78, 5) is 15.7. The molecule has 0 aromatic carbocycles. The van der Waals surface area contributed by atoms with E-state index in [1.165, 1.54) is 12.8 Å². The molecular formula is C20H29N5O. The van der Waals surface area contributed by atoms with Crippen LogP contribution in [0, 0.1) is 12.8 Å². The molecule has 26 heavy (non-hydrogen) atoms. The second-order valence-electron chi connectivity index (χ2n) is 7.23. The van der Waals surface area contributed by atoms with E-state index in [0.29, 0.717) is 12.0 Å². The Hall–Kier alpha value is -2.05. The minimum absolute atomic E-state index is 0.271. The molecule has 6 heteroatoms. The van der Waals surface area contributed by atoms with Crippen molar-refractivity contribution in [3.8, 4) is 0 Å². The molecule has 3 rings (SSSR count). The Balaban J connectivity index is 1.54. The van der Waals surface area contributed by atoms with Gasteiger partial charge in [0.05, 0.1) is 0 Å². The maximum absolute atomic E-state index is 9.11. The van der Waals surface area contributed by atoms with E-state index in [2.05, 4.69) is 32.1 Å². The minimum Gasteiger partial charge on any atom is -0.396 e. The van der Waals surface area contributed by atoms with E-state index in [-0.39, 0.29) is 6.61 Å². The second kappa shape index (κ2) is 9.05. The van der Waals surface area contributed by atoms with Crippen LogP contribution < -0.4 is 5.32 Å². The van der Waals surface area contributed by atoms with Gasteiger partial charge < -0.3 is 15.3 Å². The summed E-state index contributed by atoms with van der Waals surface area (Å²) in [5.41, 5.74) is 2.06. The van der Waals surface area contributed by atoms with E-state index < -0.39 is 0 Å². The van der Waals surface area contributed by atoms with Crippen molar-refractivity contribution in [2.75, 3.05) is 25.0 Å². The van der Waals surface area contributed by atoms with Gasteiger partial charge in [-0.25, -0.2) is 15.0 Å². The Morgan fingerprint density at radius 1 is 1.23 bits per heavy atom. The van der Waals surface area contributed by atoms with Crippen molar-refractivity contribution in [2.24, 2.45) is 5.92 Å². The highest BCUT2D eigenvalue weighted by atomic mass is 16.3. The van der Waals surface area contributed by atoms with Crippen LogP contribution in [0.15, 0.2) is 30.6 Å². The van der Waals surface area contributed by atoms with E-state index in [0.717, 1.165) is 49.0 Å². The highest BCUT2D eigenvalue weighted by molar-refractivity contribution is 5.51. The maximum Gasteiger partial charge on any atom is 0.135 e. The smallest absolute Gasteiger partial charge is 0.135 e. The molecule has 2 aromatic rings. The Morgan fingerprint density at radius 3 is 2.77 bits per heavy atom. The summed E-state index contributed by atoms with van der Waals surface area (Å²) in [7, 11) is 0. The lowest BCUT2D eigenvalue weighted by molar-refractivity contribution is 0.119. The number of aliphatic hydroxyl groups is 1. The highest BCUT2D eigenvalue weighted by Gasteiger charge is 2.23. The van der Waals surface area contributed by atoms with E-state index >= 15 is 0 Å². The van der Waals surface area contributed by atoms with Crippen LogP contribution in [-0.4, -0.2) is 50.7 Å². The molecule has 0 aliphatic carbocycles. The first-order chi connectivity index (χ1) is 12.6. The first kappa shape index (κ1) is 18.7. The standard InChI is InChI=1S/C20H29N5O/c1-15-4-3-5-19(23-15)24-20-13-18(21-14-22-20)12-17-6-9-25(10-7-17)16(2)8-11-26/h3-5,13-14,16-17,26H,6-12H2,1-2H3,(H,21,22,23,24). The lowest BCUT2D eigenvalue weighted by atomic mass is 9.91. The van der Waals surface area contributed by atoms with Crippen LogP contribution in [0.1, 0.15) is 37.6 Å². The van der Waals surface area contributed by atoms with Crippen LogP contribution in [0.4, 0.5) is 11.6 Å². The van der Waals surface area contributed by atoms with Crippen molar-refractivity contribution in [1.29, 1.82) is 0 Å². The molecule has 1 unspecified atom stereocenters. The number of nitrogens with zero attached hydrogens (tertiary/aromatic N) is 4. The largest absolute Gasteiger partial charge is 0.396 e. The fraction of sp³-hybridized carbons (Fsp3) is 0.550. The van der Waals surface area contributed by atoms with Gasteiger partial charge in [0.2, 0.25) is 0 Å². The van der Waals surface area contributed by atoms with Crippen molar-refractivity contribution in [3.05, 3.63) is 42.0 Å². The molecular weight excluding hydrogens is 326 g/mol. The number of nitrogens with one attached hydrogen (secondary N) is 1. The minimum atomic E-state index is 0.271. The van der Waals surface area contributed by atoms with E-state index in [1.54, 1.807) is 6.33 Å². The number of likely N-dealkylation sites (tertiary alicyclic amines) is 1. The first-order valence-corrected chi connectivity index (χ1v) is 9.50. The zero-order valence-electron chi connectivity index (χ0n) is 15.7. The summed E-state index contributed by atoms with van der Waals surface area (Å²) in [5.74, 6) is 2.26. The quantitative estimate of drug-likeness (QED) is 0.795. The molecule has 3 heterocycles. The van der Waals surface area contributed by atoms with Gasteiger partial charge >= 0.3 is 0 Å². The van der Waals surface area contributed by atoms with Crippen LogP contribution >= 0.6 is 0 Å². The van der Waals surface area contributed by atoms with Gasteiger partial charge in [-0.1, -0.05) is 6.07 Å². The third kappa shape index (κ3) is 5.22. The van der Waals surface area contributed by atoms with Crippen LogP contribution in [0.2, 0.25) is 0 Å². The molecule has 1 aliphatic rings. The summed E-state index contributed by atoms with van der Waals surface area (Å²) >= 11 is 0. The lowest BCUT2D eigenvalue weighted by Gasteiger charge is -2.35. The molecule has 1 saturated heterocycles. The predicted molar refractivity (Wildman–Crippen MR) is 103 cm³/mol. The Labute approximate surface area is 155 Å². The van der Waals surface area contributed by atoms with Crippen molar-refractivity contribution in [2.45, 2.75) is 45.6 Å². The Morgan fingerprint density at radius 2 is 2.04 bits per heavy atom. The number of rotatable bonds is 7. The fourth-order valence-electron chi connectivity index (χ4n) is 3.58. The topological polar surface area (TPSA) is 74.2 Å². The molecule has 2 aromatic heterocycles. The van der Waals surface area contributed by atoms with Gasteiger partial charge in [-0.05, 0) is 70.7 Å². The third-order valence-corrected chi connectivity index (χ3v) is 5.19. The number of aromatic nitrogens is 3. The molecule has 1 fully saturated rings. The number of aryl methyl sites for hydroxylation is 1. The molecule has 1 aliphatic heterocycles. The first-order valence-electron chi connectivity index (χ1n) is 9.50. The summed E-state index contributed by atoms with van der Waals surface area (Å²) in [6, 6.07) is 8.41. The van der Waals surface area contributed by atoms with Crippen LogP contribution in [0.25, 0.3) is 0 Å². The molecule has 2 N–H and O–H groups in total. The number of pyridine rings is 1. The predicted octanol–water partition coefficient (Wildman–Crippen LogP) is 2.95. The monoisotopic (exact) mass is 355 g/mol. The number of hydrogen-bond donors (Lipinski definition) is 2.